The van der Waals surface area contributed by atoms with Gasteiger partial charge in [-0.1, -0.05) is 42.0 Å². The molecule has 5 rings (SSSR count). The quantitative estimate of drug-likeness (QED) is 0.302. The van der Waals surface area contributed by atoms with Gasteiger partial charge in [-0.25, -0.2) is 9.48 Å². The molecule has 1 aliphatic rings. The van der Waals surface area contributed by atoms with Gasteiger partial charge in [-0.05, 0) is 55.0 Å². The molecule has 2 heterocycles. The molecule has 0 spiro atoms. The first kappa shape index (κ1) is 24.3. The Hall–Kier alpha value is -5.36. The predicted octanol–water partition coefficient (Wildman–Crippen LogP) is 4.11. The molecule has 1 aliphatic heterocycles. The van der Waals surface area contributed by atoms with E-state index in [0.29, 0.717) is 33.8 Å². The Morgan fingerprint density at radius 3 is 2.42 bits per heavy atom. The summed E-state index contributed by atoms with van der Waals surface area (Å²) in [6, 6.07) is 22.7. The number of nitrogens with zero attached hydrogens (tertiary/aromatic N) is 3. The van der Waals surface area contributed by atoms with Crippen LogP contribution in [0.5, 0.6) is 5.75 Å². The Bertz CT molecular complexity index is 1670. The molecule has 188 valence electrons. The molecule has 3 amide bonds. The van der Waals surface area contributed by atoms with Gasteiger partial charge in [-0.3, -0.25) is 19.6 Å². The smallest absolute Gasteiger partial charge is 0.329 e. The highest BCUT2D eigenvalue weighted by Gasteiger charge is 2.34. The number of nitrogens with one attached hydrogen (secondary N) is 2. The van der Waals surface area contributed by atoms with Gasteiger partial charge in [0.2, 0.25) is 0 Å². The van der Waals surface area contributed by atoms with Crippen molar-refractivity contribution in [2.45, 2.75) is 13.5 Å². The minimum Gasteiger partial charge on any atom is -0.497 e. The van der Waals surface area contributed by atoms with Gasteiger partial charge in [0.15, 0.2) is 0 Å². The van der Waals surface area contributed by atoms with E-state index in [0.717, 1.165) is 10.5 Å². The summed E-state index contributed by atoms with van der Waals surface area (Å²) < 4.78 is 6.75. The fourth-order valence-electron chi connectivity index (χ4n) is 4.19. The molecule has 0 radical (unpaired) electrons. The summed E-state index contributed by atoms with van der Waals surface area (Å²) in [5.74, 6) is 0.0438. The third-order valence-electron chi connectivity index (χ3n) is 6.25. The summed E-state index contributed by atoms with van der Waals surface area (Å²) >= 11 is 0. The highest BCUT2D eigenvalue weighted by molar-refractivity contribution is 6.14. The zero-order valence-electron chi connectivity index (χ0n) is 20.7. The first-order chi connectivity index (χ1) is 18.4. The van der Waals surface area contributed by atoms with Crippen LogP contribution in [0.3, 0.4) is 0 Å². The molecule has 4 aromatic rings. The number of carbonyl (C=O) groups is 2. The molecule has 0 bridgehead atoms. The van der Waals surface area contributed by atoms with Gasteiger partial charge in [0, 0.05) is 5.56 Å². The summed E-state index contributed by atoms with van der Waals surface area (Å²) in [5.41, 5.74) is 3.79. The van der Waals surface area contributed by atoms with Crippen LogP contribution in [0.1, 0.15) is 22.3 Å². The van der Waals surface area contributed by atoms with Gasteiger partial charge in [0.05, 0.1) is 42.2 Å². The lowest BCUT2D eigenvalue weighted by molar-refractivity contribution is -0.123. The molecular weight excluding hydrogens is 482 g/mol. The number of amides is 3. The highest BCUT2D eigenvalue weighted by atomic mass is 16.5. The second-order valence-corrected chi connectivity index (χ2v) is 8.80. The number of nitriles is 1. The average molecular weight is 506 g/mol. The first-order valence-corrected chi connectivity index (χ1v) is 11.8. The molecule has 0 aliphatic carbocycles. The van der Waals surface area contributed by atoms with Gasteiger partial charge in [-0.2, -0.15) is 5.26 Å². The number of hydrogen-bond acceptors (Lipinski definition) is 5. The topological polar surface area (TPSA) is 120 Å². The minimum atomic E-state index is -0.595. The Labute approximate surface area is 218 Å². The lowest BCUT2D eigenvalue weighted by Crippen LogP contribution is -2.30. The van der Waals surface area contributed by atoms with E-state index in [4.69, 9.17) is 10.00 Å². The fourth-order valence-corrected chi connectivity index (χ4v) is 4.19. The number of rotatable bonds is 6. The Morgan fingerprint density at radius 1 is 1.00 bits per heavy atom. The normalized spacial score (nSPS) is 14.0. The number of ether oxygens (including phenoxy) is 1. The van der Waals surface area contributed by atoms with Crippen molar-refractivity contribution in [1.82, 2.24) is 20.0 Å². The van der Waals surface area contributed by atoms with Crippen molar-refractivity contribution in [2.75, 3.05) is 7.11 Å². The van der Waals surface area contributed by atoms with E-state index in [-0.39, 0.29) is 23.4 Å². The summed E-state index contributed by atoms with van der Waals surface area (Å²) in [6.07, 6.45) is 1.40. The maximum Gasteiger partial charge on any atom is 0.329 e. The molecule has 9 nitrogen and oxygen atoms in total. The van der Waals surface area contributed by atoms with Crippen LogP contribution >= 0.6 is 0 Å². The second kappa shape index (κ2) is 9.95. The lowest BCUT2D eigenvalue weighted by Gasteiger charge is -2.11. The number of aryl methyl sites for hydroxylation is 1. The zero-order valence-corrected chi connectivity index (χ0v) is 20.7. The maximum atomic E-state index is 13.6. The van der Waals surface area contributed by atoms with Crippen LogP contribution in [0, 0.1) is 18.3 Å². The van der Waals surface area contributed by atoms with E-state index in [9.17, 15) is 14.4 Å². The highest BCUT2D eigenvalue weighted by Crippen LogP contribution is 2.27. The Kier molecular flexibility index (Phi) is 6.37. The maximum absolute atomic E-state index is 13.6. The average Bonchev–Trinajstić information content (AvgIpc) is 3.40. The third-order valence-corrected chi connectivity index (χ3v) is 6.25. The molecule has 3 aromatic carbocycles. The van der Waals surface area contributed by atoms with Crippen LogP contribution in [-0.2, 0) is 11.3 Å². The van der Waals surface area contributed by atoms with E-state index >= 15 is 0 Å². The van der Waals surface area contributed by atoms with Crippen LogP contribution < -0.4 is 15.6 Å². The van der Waals surface area contributed by atoms with Gasteiger partial charge in [0.25, 0.3) is 11.5 Å². The fraction of sp³-hybridized carbons (Fsp3) is 0.103. The van der Waals surface area contributed by atoms with Crippen molar-refractivity contribution < 1.29 is 14.3 Å². The van der Waals surface area contributed by atoms with Crippen LogP contribution in [0.15, 0.2) is 83.3 Å². The van der Waals surface area contributed by atoms with Gasteiger partial charge in [0.1, 0.15) is 11.4 Å². The van der Waals surface area contributed by atoms with E-state index in [1.54, 1.807) is 49.6 Å². The molecule has 1 fully saturated rings. The van der Waals surface area contributed by atoms with Crippen LogP contribution in [-0.4, -0.2) is 33.7 Å². The molecule has 0 saturated carbocycles. The predicted molar refractivity (Wildman–Crippen MR) is 141 cm³/mol. The number of benzene rings is 3. The van der Waals surface area contributed by atoms with E-state index < -0.39 is 11.9 Å². The monoisotopic (exact) mass is 505 g/mol. The number of carbonyl (C=O) groups excluding carboxylic acids is 2. The molecule has 0 unspecified atom stereocenters. The van der Waals surface area contributed by atoms with Crippen LogP contribution in [0.4, 0.5) is 4.79 Å². The number of aromatic amines is 1. The lowest BCUT2D eigenvalue weighted by atomic mass is 10.1. The molecule has 0 atom stereocenters. The Balaban J connectivity index is 1.56. The van der Waals surface area contributed by atoms with E-state index in [2.05, 4.69) is 10.4 Å². The van der Waals surface area contributed by atoms with Gasteiger partial charge in [-0.15, -0.1) is 0 Å². The van der Waals surface area contributed by atoms with Crippen molar-refractivity contribution in [3.8, 4) is 28.8 Å². The number of H-pyrrole nitrogens is 1. The molecule has 38 heavy (non-hydrogen) atoms. The summed E-state index contributed by atoms with van der Waals surface area (Å²) in [4.78, 5) is 40.6. The largest absolute Gasteiger partial charge is 0.497 e. The molecule has 9 heteroatoms. The zero-order chi connectivity index (χ0) is 26.8. The molecule has 1 saturated heterocycles. The molecule has 1 aromatic heterocycles. The number of hydrogen-bond donors (Lipinski definition) is 2. The van der Waals surface area contributed by atoms with Crippen molar-refractivity contribution in [3.63, 3.8) is 0 Å². The van der Waals surface area contributed by atoms with Crippen LogP contribution in [0.2, 0.25) is 0 Å². The van der Waals surface area contributed by atoms with E-state index in [1.807, 2.05) is 43.3 Å². The number of aromatic nitrogens is 2. The summed E-state index contributed by atoms with van der Waals surface area (Å²) in [5, 5.41) is 14.7. The Morgan fingerprint density at radius 2 is 1.74 bits per heavy atom. The second-order valence-electron chi connectivity index (χ2n) is 8.80. The van der Waals surface area contributed by atoms with Gasteiger partial charge >= 0.3 is 6.03 Å². The van der Waals surface area contributed by atoms with Crippen LogP contribution in [0.25, 0.3) is 23.0 Å². The number of methoxy groups -OCH3 is 1. The number of imide groups is 1. The van der Waals surface area contributed by atoms with Crippen molar-refractivity contribution in [3.05, 3.63) is 111 Å². The van der Waals surface area contributed by atoms with Crippen molar-refractivity contribution >= 4 is 18.0 Å². The van der Waals surface area contributed by atoms with Crippen molar-refractivity contribution in [2.24, 2.45) is 0 Å². The summed E-state index contributed by atoms with van der Waals surface area (Å²) in [6.45, 7) is 1.98. The molecular formula is C29H23N5O4. The third kappa shape index (κ3) is 4.58. The van der Waals surface area contributed by atoms with Gasteiger partial charge < -0.3 is 10.1 Å². The van der Waals surface area contributed by atoms with Crippen molar-refractivity contribution in [1.29, 1.82) is 5.26 Å². The van der Waals surface area contributed by atoms with E-state index in [1.165, 1.54) is 10.8 Å². The molecule has 2 N–H and O–H groups in total. The first-order valence-electron chi connectivity index (χ1n) is 11.8. The minimum absolute atomic E-state index is 0.0139. The standard InChI is InChI=1S/C29H23N5O4/c1-18-6-12-22(13-7-18)34-27(35)24(26(32-34)21-4-3-5-23(14-21)38-2)15-25-28(36)33(29(37)31-25)17-20-10-8-19(16-30)9-11-20/h3-15,32H,17H2,1-2H3,(H,31,37). The number of urea groups is 1. The summed E-state index contributed by atoms with van der Waals surface area (Å²) in [7, 11) is 1.55. The SMILES string of the molecule is COc1cccc(-c2[nH]n(-c3ccc(C)cc3)c(=O)c2C=C2NC(=O)N(Cc3ccc(C#N)cc3)C2=O)c1.